The van der Waals surface area contributed by atoms with Crippen molar-refractivity contribution in [3.8, 4) is 5.75 Å². The summed E-state index contributed by atoms with van der Waals surface area (Å²) < 4.78 is 10.0. The molecule has 0 fully saturated rings. The lowest BCUT2D eigenvalue weighted by molar-refractivity contribution is -0.137. The molecule has 0 heterocycles. The lowest BCUT2D eigenvalue weighted by atomic mass is 10.0. The van der Waals surface area contributed by atoms with E-state index in [-0.39, 0.29) is 17.6 Å². The molecule has 2 rings (SSSR count). The quantitative estimate of drug-likeness (QED) is 0.560. The van der Waals surface area contributed by atoms with Crippen LogP contribution < -0.4 is 10.1 Å². The summed E-state index contributed by atoms with van der Waals surface area (Å²) >= 11 is 5.84. The van der Waals surface area contributed by atoms with E-state index in [1.807, 2.05) is 13.8 Å². The minimum absolute atomic E-state index is 0.157. The van der Waals surface area contributed by atoms with Gasteiger partial charge in [-0.25, -0.2) is 9.59 Å². The molecule has 1 N–H and O–H groups in total. The first kappa shape index (κ1) is 21.4. The van der Waals surface area contributed by atoms with Gasteiger partial charge in [-0.2, -0.15) is 0 Å². The van der Waals surface area contributed by atoms with Crippen molar-refractivity contribution >= 4 is 29.4 Å². The van der Waals surface area contributed by atoms with Crippen molar-refractivity contribution in [2.75, 3.05) is 7.11 Å². The number of hydrogen-bond donors (Lipinski definition) is 1. The molecule has 0 saturated heterocycles. The molecule has 0 radical (unpaired) electrons. The zero-order valence-electron chi connectivity index (χ0n) is 15.9. The van der Waals surface area contributed by atoms with Crippen LogP contribution in [0.15, 0.2) is 48.5 Å². The average Bonchev–Trinajstić information content (AvgIpc) is 2.67. The van der Waals surface area contributed by atoms with Crippen molar-refractivity contribution in [2.24, 2.45) is 5.92 Å². The Balaban J connectivity index is 2.08. The van der Waals surface area contributed by atoms with Gasteiger partial charge >= 0.3 is 11.9 Å². The van der Waals surface area contributed by atoms with Crippen LogP contribution in [0.2, 0.25) is 5.02 Å². The van der Waals surface area contributed by atoms with Crippen LogP contribution in [-0.4, -0.2) is 31.0 Å². The van der Waals surface area contributed by atoms with Crippen LogP contribution in [0, 0.1) is 5.92 Å². The maximum atomic E-state index is 12.6. The first-order chi connectivity index (χ1) is 13.3. The monoisotopic (exact) mass is 403 g/mol. The number of nitrogens with one attached hydrogen (secondary N) is 1. The van der Waals surface area contributed by atoms with Crippen molar-refractivity contribution in [3.63, 3.8) is 0 Å². The zero-order chi connectivity index (χ0) is 20.7. The van der Waals surface area contributed by atoms with E-state index in [0.29, 0.717) is 22.6 Å². The highest BCUT2D eigenvalue weighted by molar-refractivity contribution is 6.30. The van der Waals surface area contributed by atoms with Gasteiger partial charge in [0.05, 0.1) is 12.7 Å². The molecule has 28 heavy (non-hydrogen) atoms. The van der Waals surface area contributed by atoms with Gasteiger partial charge in [-0.3, -0.25) is 4.79 Å². The number of ether oxygens (including phenoxy) is 2. The predicted molar refractivity (Wildman–Crippen MR) is 106 cm³/mol. The van der Waals surface area contributed by atoms with Gasteiger partial charge in [-0.1, -0.05) is 25.4 Å². The summed E-state index contributed by atoms with van der Waals surface area (Å²) in [4.78, 5) is 36.5. The summed E-state index contributed by atoms with van der Waals surface area (Å²) in [7, 11) is 1.29. The second-order valence-electron chi connectivity index (χ2n) is 6.60. The molecule has 0 spiro atoms. The highest BCUT2D eigenvalue weighted by Crippen LogP contribution is 2.16. The fraction of sp³-hybridized carbons (Fsp3) is 0.286. The fourth-order valence-electron chi connectivity index (χ4n) is 2.49. The number of carbonyl (C=O) groups excluding carboxylic acids is 3. The molecular formula is C21H22ClNO5. The van der Waals surface area contributed by atoms with E-state index >= 15 is 0 Å². The van der Waals surface area contributed by atoms with Crippen LogP contribution in [-0.2, 0) is 9.53 Å². The van der Waals surface area contributed by atoms with Crippen LogP contribution in [0.5, 0.6) is 5.75 Å². The zero-order valence-corrected chi connectivity index (χ0v) is 16.7. The average molecular weight is 404 g/mol. The third kappa shape index (κ3) is 6.09. The Bertz CT molecular complexity index is 831. The summed E-state index contributed by atoms with van der Waals surface area (Å²) in [5.41, 5.74) is 0.741. The number of hydrogen-bond acceptors (Lipinski definition) is 5. The topological polar surface area (TPSA) is 81.7 Å². The molecule has 0 aliphatic heterocycles. The van der Waals surface area contributed by atoms with Gasteiger partial charge < -0.3 is 14.8 Å². The first-order valence-corrected chi connectivity index (χ1v) is 9.14. The van der Waals surface area contributed by atoms with Crippen molar-refractivity contribution < 1.29 is 23.9 Å². The van der Waals surface area contributed by atoms with Crippen LogP contribution in [0.25, 0.3) is 0 Å². The Kier molecular flexibility index (Phi) is 7.58. The van der Waals surface area contributed by atoms with Crippen LogP contribution >= 0.6 is 11.6 Å². The number of carbonyl (C=O) groups is 3. The van der Waals surface area contributed by atoms with E-state index in [2.05, 4.69) is 10.1 Å². The second-order valence-corrected chi connectivity index (χ2v) is 7.04. The normalized spacial score (nSPS) is 11.6. The van der Waals surface area contributed by atoms with E-state index < -0.39 is 18.0 Å². The van der Waals surface area contributed by atoms with Gasteiger partial charge in [0.25, 0.3) is 5.91 Å². The second kappa shape index (κ2) is 9.90. The van der Waals surface area contributed by atoms with Crippen molar-refractivity contribution in [2.45, 2.75) is 26.3 Å². The summed E-state index contributed by atoms with van der Waals surface area (Å²) in [5, 5.41) is 3.23. The summed E-state index contributed by atoms with van der Waals surface area (Å²) in [6.07, 6.45) is 0.415. The largest absolute Gasteiger partial charge is 0.465 e. The highest BCUT2D eigenvalue weighted by Gasteiger charge is 2.24. The SMILES string of the molecule is COC(=O)c1ccc(OC(=O)[C@@H](CC(C)C)NC(=O)c2ccc(Cl)cc2)cc1. The third-order valence-corrected chi connectivity index (χ3v) is 4.15. The maximum absolute atomic E-state index is 12.6. The minimum atomic E-state index is -0.816. The van der Waals surface area contributed by atoms with E-state index in [9.17, 15) is 14.4 Å². The third-order valence-electron chi connectivity index (χ3n) is 3.90. The van der Waals surface area contributed by atoms with Gasteiger partial charge in [0, 0.05) is 10.6 Å². The molecular weight excluding hydrogens is 382 g/mol. The van der Waals surface area contributed by atoms with Gasteiger partial charge in [-0.05, 0) is 60.9 Å². The molecule has 1 atom stereocenters. The van der Waals surface area contributed by atoms with E-state index in [0.717, 1.165) is 0 Å². The maximum Gasteiger partial charge on any atom is 0.337 e. The fourth-order valence-corrected chi connectivity index (χ4v) is 2.62. The molecule has 0 saturated carbocycles. The van der Waals surface area contributed by atoms with E-state index in [4.69, 9.17) is 16.3 Å². The Morgan fingerprint density at radius 3 is 2.07 bits per heavy atom. The molecule has 2 aromatic carbocycles. The molecule has 1 amide bonds. The molecule has 6 nitrogen and oxygen atoms in total. The van der Waals surface area contributed by atoms with Crippen LogP contribution in [0.1, 0.15) is 41.0 Å². The summed E-state index contributed by atoms with van der Waals surface area (Å²) in [6, 6.07) is 11.6. The van der Waals surface area contributed by atoms with Gasteiger partial charge in [0.2, 0.25) is 0 Å². The number of methoxy groups -OCH3 is 1. The number of amides is 1. The van der Waals surface area contributed by atoms with E-state index in [1.54, 1.807) is 24.3 Å². The molecule has 0 aliphatic rings. The Morgan fingerprint density at radius 1 is 0.964 bits per heavy atom. The number of benzene rings is 2. The van der Waals surface area contributed by atoms with Crippen molar-refractivity contribution in [1.29, 1.82) is 0 Å². The standard InChI is InChI=1S/C21H22ClNO5/c1-13(2)12-18(23-19(24)14-4-8-16(22)9-5-14)21(26)28-17-10-6-15(7-11-17)20(25)27-3/h4-11,13,18H,12H2,1-3H3,(H,23,24)/t18-/m1/s1. The van der Waals surface area contributed by atoms with Crippen LogP contribution in [0.3, 0.4) is 0 Å². The van der Waals surface area contributed by atoms with Crippen molar-refractivity contribution in [3.05, 3.63) is 64.7 Å². The predicted octanol–water partition coefficient (Wildman–Crippen LogP) is 3.88. The lowest BCUT2D eigenvalue weighted by Gasteiger charge is -2.19. The molecule has 0 aromatic heterocycles. The molecule has 2 aromatic rings. The Labute approximate surface area is 168 Å². The molecule has 0 unspecified atom stereocenters. The first-order valence-electron chi connectivity index (χ1n) is 8.76. The van der Waals surface area contributed by atoms with Gasteiger partial charge in [-0.15, -0.1) is 0 Å². The Hall–Kier alpha value is -2.86. The Morgan fingerprint density at radius 2 is 1.54 bits per heavy atom. The molecule has 0 aliphatic carbocycles. The number of rotatable bonds is 7. The molecule has 0 bridgehead atoms. The van der Waals surface area contributed by atoms with Gasteiger partial charge in [0.15, 0.2) is 0 Å². The molecule has 7 heteroatoms. The number of halogens is 1. The number of esters is 2. The summed E-state index contributed by atoms with van der Waals surface area (Å²) in [6.45, 7) is 3.89. The highest BCUT2D eigenvalue weighted by atomic mass is 35.5. The molecule has 148 valence electrons. The van der Waals surface area contributed by atoms with E-state index in [1.165, 1.54) is 31.4 Å². The van der Waals surface area contributed by atoms with Crippen LogP contribution in [0.4, 0.5) is 0 Å². The van der Waals surface area contributed by atoms with Gasteiger partial charge in [0.1, 0.15) is 11.8 Å². The summed E-state index contributed by atoms with van der Waals surface area (Å²) in [5.74, 6) is -1.02. The smallest absolute Gasteiger partial charge is 0.337 e. The lowest BCUT2D eigenvalue weighted by Crippen LogP contribution is -2.43. The minimum Gasteiger partial charge on any atom is -0.465 e. The van der Waals surface area contributed by atoms with Crippen molar-refractivity contribution in [1.82, 2.24) is 5.32 Å².